The van der Waals surface area contributed by atoms with Crippen molar-refractivity contribution in [1.29, 1.82) is 0 Å². The van der Waals surface area contributed by atoms with Crippen molar-refractivity contribution in [3.05, 3.63) is 59.7 Å². The van der Waals surface area contributed by atoms with Crippen LogP contribution in [-0.4, -0.2) is 51.6 Å². The first kappa shape index (κ1) is 20.4. The highest BCUT2D eigenvalue weighted by Crippen LogP contribution is 2.23. The Morgan fingerprint density at radius 1 is 1.17 bits per heavy atom. The molecule has 0 fully saturated rings. The summed E-state index contributed by atoms with van der Waals surface area (Å²) in [5.74, 6) is 1.88. The molecule has 0 aliphatic heterocycles. The Morgan fingerprint density at radius 3 is 2.83 bits per heavy atom. The molecule has 4 rings (SSSR count). The van der Waals surface area contributed by atoms with Gasteiger partial charge in [-0.05, 0) is 49.1 Å². The van der Waals surface area contributed by atoms with Gasteiger partial charge >= 0.3 is 0 Å². The number of H-pyrrole nitrogens is 1. The van der Waals surface area contributed by atoms with Crippen molar-refractivity contribution >= 4 is 17.5 Å². The van der Waals surface area contributed by atoms with Crippen LogP contribution in [0.3, 0.4) is 0 Å². The summed E-state index contributed by atoms with van der Waals surface area (Å²) in [7, 11) is 1.63. The molecule has 1 aliphatic carbocycles. The molecule has 2 aromatic carbocycles. The molecule has 1 heterocycles. The van der Waals surface area contributed by atoms with Gasteiger partial charge in [0, 0.05) is 16.9 Å². The van der Waals surface area contributed by atoms with E-state index < -0.39 is 6.10 Å². The van der Waals surface area contributed by atoms with Gasteiger partial charge < -0.3 is 14.7 Å². The number of ether oxygens (including phenoxy) is 1. The Balaban J connectivity index is 1.26. The molecule has 3 aromatic rings. The van der Waals surface area contributed by atoms with Crippen LogP contribution in [0.4, 0.5) is 0 Å². The molecule has 0 bridgehead atoms. The summed E-state index contributed by atoms with van der Waals surface area (Å²) in [6, 6.07) is 15.8. The number of aliphatic hydroxyl groups excluding tert-OH is 1. The van der Waals surface area contributed by atoms with E-state index in [2.05, 4.69) is 32.5 Å². The Hall–Kier alpha value is -2.84. The number of aliphatic hydroxyl groups is 1. The highest BCUT2D eigenvalue weighted by atomic mass is 32.2. The van der Waals surface area contributed by atoms with Gasteiger partial charge in [0.2, 0.25) is 5.16 Å². The number of nitrogens with zero attached hydrogens (tertiary/aromatic N) is 3. The number of rotatable bonds is 8. The SMILES string of the molecule is COc1ccc(-c2nc(SCC(O)CO/N=C3\CCCc4ccccc43)n[nH]2)cc1. The zero-order valence-corrected chi connectivity index (χ0v) is 17.6. The monoisotopic (exact) mass is 424 g/mol. The Bertz CT molecular complexity index is 1000. The smallest absolute Gasteiger partial charge is 0.208 e. The summed E-state index contributed by atoms with van der Waals surface area (Å²) in [5, 5.41) is 22.2. The molecule has 30 heavy (non-hydrogen) atoms. The van der Waals surface area contributed by atoms with Crippen LogP contribution in [0.15, 0.2) is 58.8 Å². The standard InChI is InChI=1S/C22H24N4O3S/c1-28-18-11-9-16(10-12-18)21-23-22(25-24-21)30-14-17(27)13-29-26-20-8-4-6-15-5-2-3-7-19(15)20/h2-3,5,7,9-12,17,27H,4,6,8,13-14H2,1H3,(H,23,24,25)/b26-20+. The lowest BCUT2D eigenvalue weighted by Gasteiger charge is -2.17. The molecular formula is C22H24N4O3S. The van der Waals surface area contributed by atoms with Crippen molar-refractivity contribution in [2.45, 2.75) is 30.5 Å². The molecule has 156 valence electrons. The molecule has 0 radical (unpaired) electrons. The normalized spacial score (nSPS) is 15.6. The van der Waals surface area contributed by atoms with Crippen molar-refractivity contribution < 1.29 is 14.7 Å². The average molecular weight is 425 g/mol. The Kier molecular flexibility index (Phi) is 6.66. The lowest BCUT2D eigenvalue weighted by Crippen LogP contribution is -2.18. The van der Waals surface area contributed by atoms with Gasteiger partial charge in [-0.1, -0.05) is 41.2 Å². The number of nitrogens with one attached hydrogen (secondary N) is 1. The third-order valence-electron chi connectivity index (χ3n) is 4.86. The van der Waals surface area contributed by atoms with Gasteiger partial charge in [0.1, 0.15) is 18.5 Å². The molecule has 1 unspecified atom stereocenters. The predicted octanol–water partition coefficient (Wildman–Crippen LogP) is 3.69. The number of aryl methyl sites for hydroxylation is 1. The lowest BCUT2D eigenvalue weighted by atomic mass is 9.90. The van der Waals surface area contributed by atoms with Crippen LogP contribution in [0.5, 0.6) is 5.75 Å². The topological polar surface area (TPSA) is 92.6 Å². The van der Waals surface area contributed by atoms with E-state index >= 15 is 0 Å². The second-order valence-electron chi connectivity index (χ2n) is 7.00. The van der Waals surface area contributed by atoms with Crippen molar-refractivity contribution in [3.8, 4) is 17.1 Å². The molecular weight excluding hydrogens is 400 g/mol. The number of aromatic amines is 1. The maximum atomic E-state index is 10.2. The highest BCUT2D eigenvalue weighted by molar-refractivity contribution is 7.99. The van der Waals surface area contributed by atoms with Gasteiger partial charge in [-0.25, -0.2) is 4.98 Å². The van der Waals surface area contributed by atoms with Crippen LogP contribution in [0.25, 0.3) is 11.4 Å². The number of benzene rings is 2. The van der Waals surface area contributed by atoms with Gasteiger partial charge in [-0.15, -0.1) is 5.10 Å². The lowest BCUT2D eigenvalue weighted by molar-refractivity contribution is 0.0522. The minimum Gasteiger partial charge on any atom is -0.497 e. The van der Waals surface area contributed by atoms with Gasteiger partial charge in [0.25, 0.3) is 0 Å². The molecule has 2 N–H and O–H groups in total. The third kappa shape index (κ3) is 5.01. The Morgan fingerprint density at radius 2 is 2.00 bits per heavy atom. The van der Waals surface area contributed by atoms with Crippen molar-refractivity contribution in [1.82, 2.24) is 15.2 Å². The zero-order valence-electron chi connectivity index (χ0n) is 16.7. The van der Waals surface area contributed by atoms with Crippen molar-refractivity contribution in [2.75, 3.05) is 19.5 Å². The minimum atomic E-state index is -0.666. The van der Waals surface area contributed by atoms with E-state index in [-0.39, 0.29) is 6.61 Å². The second kappa shape index (κ2) is 9.77. The van der Waals surface area contributed by atoms with Crippen LogP contribution in [-0.2, 0) is 11.3 Å². The van der Waals surface area contributed by atoms with Crippen LogP contribution in [0.1, 0.15) is 24.0 Å². The van der Waals surface area contributed by atoms with Gasteiger partial charge in [-0.2, -0.15) is 0 Å². The number of oxime groups is 1. The van der Waals surface area contributed by atoms with Crippen LogP contribution in [0, 0.1) is 0 Å². The Labute approximate surface area is 179 Å². The quantitative estimate of drug-likeness (QED) is 0.423. The summed E-state index contributed by atoms with van der Waals surface area (Å²) < 4.78 is 5.16. The van der Waals surface area contributed by atoms with E-state index in [0.717, 1.165) is 41.9 Å². The molecule has 1 atom stereocenters. The maximum absolute atomic E-state index is 10.2. The maximum Gasteiger partial charge on any atom is 0.208 e. The largest absolute Gasteiger partial charge is 0.497 e. The number of hydrogen-bond acceptors (Lipinski definition) is 7. The zero-order chi connectivity index (χ0) is 20.8. The fourth-order valence-corrected chi connectivity index (χ4v) is 4.01. The number of hydrogen-bond donors (Lipinski definition) is 2. The molecule has 8 heteroatoms. The summed E-state index contributed by atoms with van der Waals surface area (Å²) in [4.78, 5) is 9.90. The van der Waals surface area contributed by atoms with Crippen LogP contribution < -0.4 is 4.74 Å². The first-order valence-corrected chi connectivity index (χ1v) is 10.9. The van der Waals surface area contributed by atoms with Gasteiger partial charge in [-0.3, -0.25) is 5.10 Å². The van der Waals surface area contributed by atoms with Crippen LogP contribution in [0.2, 0.25) is 0 Å². The van der Waals surface area contributed by atoms with E-state index in [4.69, 9.17) is 9.57 Å². The number of thioether (sulfide) groups is 1. The van der Waals surface area contributed by atoms with Crippen LogP contribution >= 0.6 is 11.8 Å². The number of fused-ring (bicyclic) bond motifs is 1. The average Bonchev–Trinajstić information content (AvgIpc) is 3.27. The molecule has 0 amide bonds. The molecule has 0 spiro atoms. The van der Waals surface area contributed by atoms with Crippen molar-refractivity contribution in [2.24, 2.45) is 5.16 Å². The highest BCUT2D eigenvalue weighted by Gasteiger charge is 2.16. The van der Waals surface area contributed by atoms with E-state index in [9.17, 15) is 5.11 Å². The van der Waals surface area contributed by atoms with Crippen molar-refractivity contribution in [3.63, 3.8) is 0 Å². The molecule has 1 aliphatic rings. The fraction of sp³-hybridized carbons (Fsp3) is 0.318. The second-order valence-corrected chi connectivity index (χ2v) is 7.99. The van der Waals surface area contributed by atoms with E-state index in [1.165, 1.54) is 17.3 Å². The van der Waals surface area contributed by atoms with E-state index in [1.54, 1.807) is 7.11 Å². The predicted molar refractivity (Wildman–Crippen MR) is 117 cm³/mol. The summed E-state index contributed by atoms with van der Waals surface area (Å²) in [6.07, 6.45) is 2.37. The number of aromatic nitrogens is 3. The molecule has 0 saturated heterocycles. The molecule has 0 saturated carbocycles. The first-order valence-electron chi connectivity index (χ1n) is 9.87. The summed E-state index contributed by atoms with van der Waals surface area (Å²) in [5.41, 5.74) is 4.33. The van der Waals surface area contributed by atoms with E-state index in [0.29, 0.717) is 16.7 Å². The summed E-state index contributed by atoms with van der Waals surface area (Å²) in [6.45, 7) is 0.133. The molecule has 7 nitrogen and oxygen atoms in total. The molecule has 1 aromatic heterocycles. The van der Waals surface area contributed by atoms with Gasteiger partial charge in [0.15, 0.2) is 5.82 Å². The third-order valence-corrected chi connectivity index (χ3v) is 5.86. The van der Waals surface area contributed by atoms with E-state index in [1.807, 2.05) is 36.4 Å². The summed E-state index contributed by atoms with van der Waals surface area (Å²) >= 11 is 1.37. The van der Waals surface area contributed by atoms with Gasteiger partial charge in [0.05, 0.1) is 12.8 Å². The minimum absolute atomic E-state index is 0.133. The fourth-order valence-electron chi connectivity index (χ4n) is 3.30. The number of methoxy groups -OCH3 is 1. The first-order chi connectivity index (χ1) is 14.7.